The molecule has 4 nitrogen and oxygen atoms in total. The van der Waals surface area contributed by atoms with Crippen LogP contribution in [0.4, 0.5) is 0 Å². The van der Waals surface area contributed by atoms with Crippen molar-refractivity contribution in [1.82, 2.24) is 19.1 Å². The molecular weight excluding hydrogens is 212 g/mol. The van der Waals surface area contributed by atoms with Gasteiger partial charge in [0.15, 0.2) is 0 Å². The van der Waals surface area contributed by atoms with E-state index in [1.165, 1.54) is 7.05 Å². The molecule has 0 unspecified atom stereocenters. The average Bonchev–Trinajstić information content (AvgIpc) is 2.78. The van der Waals surface area contributed by atoms with E-state index in [2.05, 4.69) is 9.97 Å². The Bertz CT molecular complexity index is 541. The first-order chi connectivity index (χ1) is 8.64. The van der Waals surface area contributed by atoms with Gasteiger partial charge in [-0.05, 0) is 13.8 Å². The van der Waals surface area contributed by atoms with Crippen molar-refractivity contribution in [2.75, 3.05) is 0 Å². The van der Waals surface area contributed by atoms with Crippen LogP contribution in [-0.2, 0) is 14.1 Å². The quantitative estimate of drug-likeness (QED) is 0.713. The predicted molar refractivity (Wildman–Crippen MR) is 76.1 cm³/mol. The molecule has 0 spiro atoms. The lowest BCUT2D eigenvalue weighted by molar-refractivity contribution is 0.858. The molecule has 0 aromatic carbocycles. The van der Waals surface area contributed by atoms with Crippen LogP contribution in [0, 0.1) is 13.8 Å². The molecule has 100 valence electrons. The van der Waals surface area contributed by atoms with Crippen molar-refractivity contribution in [2.45, 2.75) is 36.1 Å². The summed E-state index contributed by atoms with van der Waals surface area (Å²) in [7, 11) is 3.39. The van der Waals surface area contributed by atoms with Crippen molar-refractivity contribution in [3.05, 3.63) is 36.4 Å². The smallest absolute Gasteiger partial charge is 0.105 e. The first-order valence-electron chi connectivity index (χ1n) is 6.59. The number of aromatic nitrogens is 4. The zero-order chi connectivity index (χ0) is 14.8. The number of hydrogen-bond donors (Lipinski definition) is 0. The van der Waals surface area contributed by atoms with Crippen LogP contribution in [0.3, 0.4) is 0 Å². The fraction of sp³-hybridized carbons (Fsp3) is 0.538. The monoisotopic (exact) mass is 245 g/mol. The lowest BCUT2D eigenvalue weighted by Gasteiger charge is -1.87. The van der Waals surface area contributed by atoms with Crippen LogP contribution in [0.5, 0.6) is 0 Å². The second-order valence-electron chi connectivity index (χ2n) is 2.80. The summed E-state index contributed by atoms with van der Waals surface area (Å²) >= 11 is 0. The summed E-state index contributed by atoms with van der Waals surface area (Å²) in [6, 6.07) is 0. The van der Waals surface area contributed by atoms with E-state index in [0.717, 1.165) is 10.4 Å². The minimum Gasteiger partial charge on any atom is -0.338 e. The van der Waals surface area contributed by atoms with Crippen LogP contribution in [-0.4, -0.2) is 19.1 Å². The molecule has 0 saturated carbocycles. The molecule has 0 N–H and O–H groups in total. The Balaban J connectivity index is -0.000000317. The van der Waals surface area contributed by atoms with Crippen LogP contribution >= 0.6 is 0 Å². The Labute approximate surface area is 113 Å². The number of hydrogen-bond acceptors (Lipinski definition) is 2. The first-order valence-corrected chi connectivity index (χ1v) is 4.09. The predicted octanol–water partition coefficient (Wildman–Crippen LogP) is 3.37. The van der Waals surface area contributed by atoms with Gasteiger partial charge in [-0.25, -0.2) is 9.97 Å². The van der Waals surface area contributed by atoms with Gasteiger partial charge in [0, 0.05) is 42.9 Å². The third-order valence-corrected chi connectivity index (χ3v) is 1.76. The SMILES string of the molecule is C.C.C.Cc1nccn1C.[2H]c1nc(C([2H])([2H])[2H])n(C)c1[2H]. The van der Waals surface area contributed by atoms with Gasteiger partial charge < -0.3 is 9.13 Å². The summed E-state index contributed by atoms with van der Waals surface area (Å²) in [6.45, 7) is -0.371. The van der Waals surface area contributed by atoms with Crippen LogP contribution in [0.1, 0.15) is 40.8 Å². The van der Waals surface area contributed by atoms with Crippen molar-refractivity contribution in [2.24, 2.45) is 14.1 Å². The van der Waals surface area contributed by atoms with Crippen molar-refractivity contribution < 1.29 is 6.85 Å². The van der Waals surface area contributed by atoms with Crippen LogP contribution in [0.25, 0.3) is 0 Å². The van der Waals surface area contributed by atoms with Crippen molar-refractivity contribution in [3.8, 4) is 0 Å². The number of aryl methyl sites for hydroxylation is 3. The van der Waals surface area contributed by atoms with E-state index < -0.39 is 6.85 Å². The maximum atomic E-state index is 7.21. The molecule has 0 radical (unpaired) electrons. The Morgan fingerprint density at radius 1 is 1.12 bits per heavy atom. The van der Waals surface area contributed by atoms with Crippen LogP contribution in [0.2, 0.25) is 0 Å². The van der Waals surface area contributed by atoms with Crippen LogP contribution < -0.4 is 0 Å². The Morgan fingerprint density at radius 2 is 1.76 bits per heavy atom. The topological polar surface area (TPSA) is 35.6 Å². The van der Waals surface area contributed by atoms with E-state index in [0.29, 0.717) is 0 Å². The van der Waals surface area contributed by atoms with Crippen molar-refractivity contribution >= 4 is 0 Å². The summed E-state index contributed by atoms with van der Waals surface area (Å²) in [4.78, 5) is 7.44. The molecule has 0 aliphatic heterocycles. The minimum absolute atomic E-state index is 0. The van der Waals surface area contributed by atoms with Crippen LogP contribution in [0.15, 0.2) is 24.7 Å². The molecular formula is C13H28N4. The highest BCUT2D eigenvalue weighted by Crippen LogP contribution is 1.87. The Kier molecular flexibility index (Phi) is 5.99. The van der Waals surface area contributed by atoms with Gasteiger partial charge in [-0.2, -0.15) is 0 Å². The van der Waals surface area contributed by atoms with E-state index in [1.807, 2.05) is 24.7 Å². The fourth-order valence-electron chi connectivity index (χ4n) is 0.721. The molecule has 0 amide bonds. The van der Waals surface area contributed by atoms with Crippen molar-refractivity contribution in [3.63, 3.8) is 0 Å². The molecule has 0 aliphatic carbocycles. The lowest BCUT2D eigenvalue weighted by atomic mass is 10.7. The summed E-state index contributed by atoms with van der Waals surface area (Å²) in [6.07, 6.45) is 3.23. The molecule has 2 rings (SSSR count). The highest BCUT2D eigenvalue weighted by molar-refractivity contribution is 4.86. The van der Waals surface area contributed by atoms with Gasteiger partial charge in [0.1, 0.15) is 11.6 Å². The highest BCUT2D eigenvalue weighted by Gasteiger charge is 1.84. The number of rotatable bonds is 0. The van der Waals surface area contributed by atoms with E-state index in [4.69, 9.17) is 6.85 Å². The average molecular weight is 245 g/mol. The lowest BCUT2D eigenvalue weighted by Crippen LogP contribution is -1.86. The fourth-order valence-corrected chi connectivity index (χ4v) is 0.721. The molecule has 0 bridgehead atoms. The molecule has 4 heteroatoms. The number of nitrogens with zero attached hydrogens (tertiary/aromatic N) is 4. The maximum Gasteiger partial charge on any atom is 0.105 e. The van der Waals surface area contributed by atoms with Gasteiger partial charge in [0.05, 0.1) is 2.74 Å². The van der Waals surface area contributed by atoms with Gasteiger partial charge in [0.2, 0.25) is 0 Å². The third-order valence-electron chi connectivity index (χ3n) is 1.76. The van der Waals surface area contributed by atoms with Gasteiger partial charge in [-0.3, -0.25) is 0 Å². The van der Waals surface area contributed by atoms with Gasteiger partial charge in [0.25, 0.3) is 0 Å². The van der Waals surface area contributed by atoms with Gasteiger partial charge in [-0.1, -0.05) is 22.3 Å². The van der Waals surface area contributed by atoms with Crippen molar-refractivity contribution in [1.29, 1.82) is 0 Å². The van der Waals surface area contributed by atoms with E-state index in [1.54, 1.807) is 6.20 Å². The summed E-state index contributed by atoms with van der Waals surface area (Å²) in [5.41, 5.74) is 0. The largest absolute Gasteiger partial charge is 0.338 e. The van der Waals surface area contributed by atoms with E-state index >= 15 is 0 Å². The van der Waals surface area contributed by atoms with E-state index in [-0.39, 0.29) is 40.5 Å². The van der Waals surface area contributed by atoms with E-state index in [9.17, 15) is 0 Å². The number of imidazole rings is 2. The second-order valence-corrected chi connectivity index (χ2v) is 2.80. The molecule has 0 saturated heterocycles. The molecule has 0 aliphatic rings. The zero-order valence-electron chi connectivity index (χ0n) is 13.4. The standard InChI is InChI=1S/2C5H8N2.3CH4/c2*1-5-6-3-4-7(5)2;;;/h2*3-4H,1-2H3;3*1H4/i1D3,3D,4D;;;;. The van der Waals surface area contributed by atoms with Gasteiger partial charge >= 0.3 is 0 Å². The first kappa shape index (κ1) is 10.6. The second kappa shape index (κ2) is 9.63. The summed E-state index contributed by atoms with van der Waals surface area (Å²) < 4.78 is 38.4. The third kappa shape index (κ3) is 6.56. The molecule has 0 atom stereocenters. The summed E-state index contributed by atoms with van der Waals surface area (Å²) in [5, 5.41) is 0. The molecule has 2 aromatic heterocycles. The Morgan fingerprint density at radius 3 is 1.94 bits per heavy atom. The molecule has 17 heavy (non-hydrogen) atoms. The zero-order valence-corrected chi connectivity index (χ0v) is 8.44. The summed E-state index contributed by atoms with van der Waals surface area (Å²) in [5.74, 6) is 0.845. The molecule has 0 fully saturated rings. The normalized spacial score (nSPS) is 12.8. The minimum atomic E-state index is -2.34. The highest BCUT2D eigenvalue weighted by atomic mass is 15.0. The Hall–Kier alpha value is -1.58. The van der Waals surface area contributed by atoms with Gasteiger partial charge in [-0.15, -0.1) is 0 Å². The maximum absolute atomic E-state index is 7.21. The molecule has 2 aromatic rings. The molecule has 2 heterocycles.